The molecule has 0 spiro atoms. The van der Waals surface area contributed by atoms with Gasteiger partial charge in [0, 0.05) is 0 Å². The number of amides is 1. The van der Waals surface area contributed by atoms with Crippen molar-refractivity contribution in [2.24, 2.45) is 0 Å². The van der Waals surface area contributed by atoms with E-state index >= 15 is 0 Å². The lowest BCUT2D eigenvalue weighted by molar-refractivity contribution is -0.389. The third kappa shape index (κ3) is 4.14. The van der Waals surface area contributed by atoms with Crippen LogP contribution in [0.3, 0.4) is 0 Å². The maximum Gasteiger partial charge on any atom is 0.408 e. The molecule has 1 amide bonds. The lowest BCUT2D eigenvalue weighted by atomic mass is 10.1. The first-order valence-corrected chi connectivity index (χ1v) is 9.32. The highest BCUT2D eigenvalue weighted by Gasteiger charge is 2.25. The second kappa shape index (κ2) is 8.04. The van der Waals surface area contributed by atoms with Gasteiger partial charge in [-0.05, 0) is 43.7 Å². The molecule has 0 fully saturated rings. The Kier molecular flexibility index (Phi) is 5.69. The van der Waals surface area contributed by atoms with Crippen LogP contribution in [0.15, 0.2) is 24.3 Å². The molecule has 0 saturated heterocycles. The first kappa shape index (κ1) is 20.5. The van der Waals surface area contributed by atoms with E-state index in [0.29, 0.717) is 23.6 Å². The fourth-order valence-corrected chi connectivity index (χ4v) is 3.28. The van der Waals surface area contributed by atoms with Crippen molar-refractivity contribution in [3.8, 4) is 0 Å². The first-order chi connectivity index (χ1) is 13.7. The Bertz CT molecular complexity index is 1100. The van der Waals surface area contributed by atoms with Crippen LogP contribution in [0.4, 0.5) is 11.5 Å². The van der Waals surface area contributed by atoms with Gasteiger partial charge >= 0.3 is 5.82 Å². The Morgan fingerprint density at radius 1 is 1.14 bits per heavy atom. The number of nitrogens with one attached hydrogen (secondary N) is 1. The first-order valence-electron chi connectivity index (χ1n) is 8.94. The number of nitrogens with zero attached hydrogens (tertiary/aromatic N) is 5. The summed E-state index contributed by atoms with van der Waals surface area (Å²) in [5.41, 5.74) is 4.79. The fourth-order valence-electron chi connectivity index (χ4n) is 3.07. The van der Waals surface area contributed by atoms with Crippen molar-refractivity contribution >= 4 is 29.0 Å². The summed E-state index contributed by atoms with van der Waals surface area (Å²) in [6.45, 7) is 7.72. The Hall–Kier alpha value is -3.20. The van der Waals surface area contributed by atoms with Crippen LogP contribution in [0.25, 0.3) is 0 Å². The van der Waals surface area contributed by atoms with Gasteiger partial charge in [-0.2, -0.15) is 9.78 Å². The number of rotatable bonds is 6. The summed E-state index contributed by atoms with van der Waals surface area (Å²) >= 11 is 5.93. The summed E-state index contributed by atoms with van der Waals surface area (Å²) in [5, 5.41) is 22.1. The molecule has 0 aliphatic heterocycles. The number of carbonyl (C=O) groups excluding carboxylic acids is 1. The molecule has 9 nitrogen and oxygen atoms in total. The van der Waals surface area contributed by atoms with Crippen molar-refractivity contribution in [1.29, 1.82) is 0 Å². The molecule has 29 heavy (non-hydrogen) atoms. The minimum atomic E-state index is -0.673. The van der Waals surface area contributed by atoms with Crippen LogP contribution in [0.5, 0.6) is 0 Å². The largest absolute Gasteiger partial charge is 0.408 e. The lowest BCUT2D eigenvalue weighted by Crippen LogP contribution is -2.21. The molecule has 0 radical (unpaired) electrons. The number of aromatic nitrogens is 4. The van der Waals surface area contributed by atoms with Gasteiger partial charge in [0.1, 0.15) is 6.54 Å². The SMILES string of the molecule is Cc1ccccc1Cn1nc(C)c(NC(=O)Cn2nc([N+](=O)[O-])c(Cl)c2C)c1C. The third-order valence-corrected chi connectivity index (χ3v) is 5.25. The van der Waals surface area contributed by atoms with Gasteiger partial charge in [0.2, 0.25) is 5.91 Å². The van der Waals surface area contributed by atoms with Gasteiger partial charge < -0.3 is 15.4 Å². The van der Waals surface area contributed by atoms with E-state index in [1.165, 1.54) is 10.2 Å². The van der Waals surface area contributed by atoms with Crippen molar-refractivity contribution in [3.63, 3.8) is 0 Å². The van der Waals surface area contributed by atoms with Gasteiger partial charge in [-0.3, -0.25) is 9.48 Å². The number of nitro groups is 1. The number of hydrogen-bond acceptors (Lipinski definition) is 5. The standard InChI is InChI=1S/C19H21ClN6O3/c1-11-7-5-6-8-15(11)9-24-14(4)18(12(2)22-24)21-16(27)10-25-13(3)17(20)19(23-25)26(28)29/h5-8H,9-10H2,1-4H3,(H,21,27). The Morgan fingerprint density at radius 3 is 2.45 bits per heavy atom. The second-order valence-corrected chi connectivity index (χ2v) is 7.19. The van der Waals surface area contributed by atoms with Crippen molar-refractivity contribution in [3.05, 3.63) is 67.6 Å². The van der Waals surface area contributed by atoms with Crippen LogP contribution in [0.1, 0.15) is 28.2 Å². The van der Waals surface area contributed by atoms with Crippen molar-refractivity contribution in [1.82, 2.24) is 19.6 Å². The molecule has 2 heterocycles. The Balaban J connectivity index is 1.78. The van der Waals surface area contributed by atoms with Gasteiger partial charge in [-0.1, -0.05) is 35.9 Å². The Morgan fingerprint density at radius 2 is 1.83 bits per heavy atom. The summed E-state index contributed by atoms with van der Waals surface area (Å²) < 4.78 is 3.06. The van der Waals surface area contributed by atoms with E-state index in [-0.39, 0.29) is 17.5 Å². The number of carbonyl (C=O) groups is 1. The maximum absolute atomic E-state index is 12.5. The highest BCUT2D eigenvalue weighted by molar-refractivity contribution is 6.33. The van der Waals surface area contributed by atoms with Crippen LogP contribution in [-0.4, -0.2) is 30.4 Å². The predicted octanol–water partition coefficient (Wildman–Crippen LogP) is 3.56. The van der Waals surface area contributed by atoms with E-state index in [9.17, 15) is 14.9 Å². The average molecular weight is 417 g/mol. The molecule has 0 unspecified atom stereocenters. The molecule has 1 N–H and O–H groups in total. The minimum Gasteiger partial charge on any atom is -0.358 e. The monoisotopic (exact) mass is 416 g/mol. The molecular weight excluding hydrogens is 396 g/mol. The van der Waals surface area contributed by atoms with E-state index in [4.69, 9.17) is 11.6 Å². The molecule has 0 saturated carbocycles. The molecule has 3 aromatic rings. The number of anilines is 1. The van der Waals surface area contributed by atoms with Crippen molar-refractivity contribution in [2.45, 2.75) is 40.8 Å². The molecule has 0 aliphatic carbocycles. The zero-order valence-corrected chi connectivity index (χ0v) is 17.3. The average Bonchev–Trinajstić information content (AvgIpc) is 3.08. The number of benzene rings is 1. The quantitative estimate of drug-likeness (QED) is 0.488. The van der Waals surface area contributed by atoms with E-state index in [2.05, 4.69) is 15.5 Å². The number of aryl methyl sites for hydroxylation is 2. The van der Waals surface area contributed by atoms with Crippen LogP contribution in [0.2, 0.25) is 5.02 Å². The summed E-state index contributed by atoms with van der Waals surface area (Å²) in [5.74, 6) is -0.834. The van der Waals surface area contributed by atoms with Crippen LogP contribution in [-0.2, 0) is 17.9 Å². The molecule has 0 bridgehead atoms. The Labute approximate surface area is 172 Å². The van der Waals surface area contributed by atoms with Gasteiger partial charge in [0.15, 0.2) is 5.02 Å². The topological polar surface area (TPSA) is 108 Å². The lowest BCUT2D eigenvalue weighted by Gasteiger charge is -2.09. The molecular formula is C19H21ClN6O3. The smallest absolute Gasteiger partial charge is 0.358 e. The van der Waals surface area contributed by atoms with Crippen LogP contribution < -0.4 is 5.32 Å². The normalized spacial score (nSPS) is 10.9. The van der Waals surface area contributed by atoms with Gasteiger partial charge in [0.25, 0.3) is 0 Å². The maximum atomic E-state index is 12.5. The number of halogens is 1. The fraction of sp³-hybridized carbons (Fsp3) is 0.316. The summed E-state index contributed by atoms with van der Waals surface area (Å²) in [7, 11) is 0. The summed E-state index contributed by atoms with van der Waals surface area (Å²) in [6.07, 6.45) is 0. The molecule has 2 aromatic heterocycles. The van der Waals surface area contributed by atoms with E-state index in [0.717, 1.165) is 11.3 Å². The van der Waals surface area contributed by atoms with Crippen molar-refractivity contribution in [2.75, 3.05) is 5.32 Å². The van der Waals surface area contributed by atoms with Crippen LogP contribution in [0, 0.1) is 37.8 Å². The van der Waals surface area contributed by atoms with Gasteiger partial charge in [0.05, 0.1) is 34.4 Å². The highest BCUT2D eigenvalue weighted by atomic mass is 35.5. The predicted molar refractivity (Wildman–Crippen MR) is 109 cm³/mol. The van der Waals surface area contributed by atoms with E-state index in [1.807, 2.05) is 49.7 Å². The third-order valence-electron chi connectivity index (χ3n) is 4.81. The van der Waals surface area contributed by atoms with E-state index in [1.54, 1.807) is 6.92 Å². The van der Waals surface area contributed by atoms with Crippen molar-refractivity contribution < 1.29 is 9.72 Å². The number of hydrogen-bond donors (Lipinski definition) is 1. The molecule has 152 valence electrons. The molecule has 0 atom stereocenters. The molecule has 10 heteroatoms. The molecule has 1 aromatic carbocycles. The van der Waals surface area contributed by atoms with Gasteiger partial charge in [-0.15, -0.1) is 0 Å². The zero-order valence-electron chi connectivity index (χ0n) is 16.6. The van der Waals surface area contributed by atoms with Crippen LogP contribution >= 0.6 is 11.6 Å². The summed E-state index contributed by atoms with van der Waals surface area (Å²) in [6, 6.07) is 8.05. The summed E-state index contributed by atoms with van der Waals surface area (Å²) in [4.78, 5) is 22.8. The highest BCUT2D eigenvalue weighted by Crippen LogP contribution is 2.26. The van der Waals surface area contributed by atoms with Gasteiger partial charge in [-0.25, -0.2) is 0 Å². The molecule has 3 rings (SSSR count). The second-order valence-electron chi connectivity index (χ2n) is 6.82. The minimum absolute atomic E-state index is 0.0683. The van der Waals surface area contributed by atoms with E-state index < -0.39 is 10.7 Å². The zero-order chi connectivity index (χ0) is 21.3. The molecule has 0 aliphatic rings.